The lowest BCUT2D eigenvalue weighted by atomic mass is 9.84. The predicted octanol–water partition coefficient (Wildman–Crippen LogP) is 5.47. The highest BCUT2D eigenvalue weighted by atomic mass is 35.5. The van der Waals surface area contributed by atoms with Crippen LogP contribution in [0.25, 0.3) is 11.1 Å². The molecule has 1 aromatic heterocycles. The largest absolute Gasteiger partial charge is 0.333 e. The first-order valence-electron chi connectivity index (χ1n) is 9.71. The van der Waals surface area contributed by atoms with Crippen LogP contribution in [-0.4, -0.2) is 26.6 Å². The van der Waals surface area contributed by atoms with Gasteiger partial charge in [0.25, 0.3) is 0 Å². The van der Waals surface area contributed by atoms with Gasteiger partial charge in [-0.25, -0.2) is 0 Å². The number of carbonyl (C=O) groups is 1. The van der Waals surface area contributed by atoms with Crippen LogP contribution in [0.3, 0.4) is 0 Å². The van der Waals surface area contributed by atoms with Crippen molar-refractivity contribution in [2.45, 2.75) is 38.8 Å². The normalized spacial score (nSPS) is 18.6. The van der Waals surface area contributed by atoms with E-state index in [0.29, 0.717) is 15.6 Å². The second-order valence-electron chi connectivity index (χ2n) is 7.68. The Hall–Kier alpha value is -2.30. The van der Waals surface area contributed by atoms with Crippen LogP contribution in [-0.2, 0) is 24.7 Å². The molecule has 0 fully saturated rings. The van der Waals surface area contributed by atoms with Crippen LogP contribution in [0, 0.1) is 0 Å². The number of hydrogen-bond acceptors (Lipinski definition) is 2. The molecule has 0 saturated carbocycles. The average Bonchev–Trinajstić information content (AvgIpc) is 3.10. The van der Waals surface area contributed by atoms with Crippen LogP contribution in [0.5, 0.6) is 0 Å². The predicted molar refractivity (Wildman–Crippen MR) is 117 cm³/mol. The highest BCUT2D eigenvalue weighted by molar-refractivity contribution is 6.36. The fourth-order valence-electron chi connectivity index (χ4n) is 4.39. The molecule has 29 heavy (non-hydrogen) atoms. The molecule has 1 aliphatic rings. The summed E-state index contributed by atoms with van der Waals surface area (Å²) in [6, 6.07) is 11.7. The van der Waals surface area contributed by atoms with Gasteiger partial charge >= 0.3 is 0 Å². The standard InChI is InChI=1S/C23H23Cl2N3O/c1-14-10-19-17(6-4-7-18(19)16-12-26-27(3)13-16)15(2)28(14)23(29)11-20-21(24)8-5-9-22(20)25/h4-9,12-15H,10-11H2,1-3H3/t14-,15-/m0/s1. The van der Waals surface area contributed by atoms with Gasteiger partial charge in [-0.05, 0) is 54.7 Å². The van der Waals surface area contributed by atoms with Crippen molar-refractivity contribution in [2.75, 3.05) is 0 Å². The molecule has 4 nitrogen and oxygen atoms in total. The number of halogens is 2. The van der Waals surface area contributed by atoms with Gasteiger partial charge in [0.1, 0.15) is 0 Å². The van der Waals surface area contributed by atoms with Gasteiger partial charge in [-0.2, -0.15) is 5.10 Å². The van der Waals surface area contributed by atoms with Gasteiger partial charge in [-0.1, -0.05) is 47.5 Å². The molecular weight excluding hydrogens is 405 g/mol. The lowest BCUT2D eigenvalue weighted by molar-refractivity contribution is -0.135. The number of benzene rings is 2. The summed E-state index contributed by atoms with van der Waals surface area (Å²) >= 11 is 12.6. The lowest BCUT2D eigenvalue weighted by Gasteiger charge is -2.41. The Morgan fingerprint density at radius 2 is 1.83 bits per heavy atom. The summed E-state index contributed by atoms with van der Waals surface area (Å²) in [7, 11) is 1.92. The number of aryl methyl sites for hydroxylation is 1. The number of amides is 1. The summed E-state index contributed by atoms with van der Waals surface area (Å²) in [5, 5.41) is 5.37. The van der Waals surface area contributed by atoms with Crippen molar-refractivity contribution in [3.8, 4) is 11.1 Å². The van der Waals surface area contributed by atoms with Gasteiger partial charge in [0.15, 0.2) is 0 Å². The topological polar surface area (TPSA) is 38.1 Å². The number of fused-ring (bicyclic) bond motifs is 1. The Bertz CT molecular complexity index is 1060. The van der Waals surface area contributed by atoms with Crippen molar-refractivity contribution in [2.24, 2.45) is 7.05 Å². The Balaban J connectivity index is 1.67. The molecule has 0 spiro atoms. The van der Waals surface area contributed by atoms with E-state index in [4.69, 9.17) is 23.2 Å². The molecule has 6 heteroatoms. The van der Waals surface area contributed by atoms with Crippen molar-refractivity contribution < 1.29 is 4.79 Å². The highest BCUT2D eigenvalue weighted by Crippen LogP contribution is 2.39. The summed E-state index contributed by atoms with van der Waals surface area (Å²) in [5.41, 5.74) is 5.46. The van der Waals surface area contributed by atoms with Gasteiger partial charge in [0.05, 0.1) is 18.7 Å². The van der Waals surface area contributed by atoms with Crippen LogP contribution in [0.15, 0.2) is 48.8 Å². The van der Waals surface area contributed by atoms with Crippen molar-refractivity contribution in [1.29, 1.82) is 0 Å². The summed E-state index contributed by atoms with van der Waals surface area (Å²) < 4.78 is 1.81. The van der Waals surface area contributed by atoms with E-state index in [1.165, 1.54) is 16.7 Å². The Kier molecular flexibility index (Phi) is 5.41. The molecule has 1 amide bonds. The zero-order valence-electron chi connectivity index (χ0n) is 16.7. The molecule has 0 N–H and O–H groups in total. The summed E-state index contributed by atoms with van der Waals surface area (Å²) in [6.07, 6.45) is 4.92. The van der Waals surface area contributed by atoms with E-state index in [9.17, 15) is 4.79 Å². The first-order valence-corrected chi connectivity index (χ1v) is 10.5. The smallest absolute Gasteiger partial charge is 0.227 e. The van der Waals surface area contributed by atoms with Crippen molar-refractivity contribution in [3.05, 3.63) is 75.5 Å². The summed E-state index contributed by atoms with van der Waals surface area (Å²) in [5.74, 6) is 0.0393. The quantitative estimate of drug-likeness (QED) is 0.555. The first-order chi connectivity index (χ1) is 13.9. The Morgan fingerprint density at radius 1 is 1.14 bits per heavy atom. The molecule has 2 atom stereocenters. The van der Waals surface area contributed by atoms with E-state index in [1.54, 1.807) is 18.2 Å². The minimum absolute atomic E-state index is 0.0286. The monoisotopic (exact) mass is 427 g/mol. The molecule has 1 aliphatic heterocycles. The number of hydrogen-bond donors (Lipinski definition) is 0. The number of carbonyl (C=O) groups excluding carboxylic acids is 1. The summed E-state index contributed by atoms with van der Waals surface area (Å²) in [6.45, 7) is 4.19. The Morgan fingerprint density at radius 3 is 2.48 bits per heavy atom. The third kappa shape index (κ3) is 3.67. The molecular formula is C23H23Cl2N3O. The fraction of sp³-hybridized carbons (Fsp3) is 0.304. The molecule has 0 aliphatic carbocycles. The SMILES string of the molecule is C[C@H]1Cc2c(-c3cnn(C)c3)cccc2[C@H](C)N1C(=O)Cc1c(Cl)cccc1Cl. The van der Waals surface area contributed by atoms with Crippen molar-refractivity contribution >= 4 is 29.1 Å². The number of aromatic nitrogens is 2. The van der Waals surface area contributed by atoms with Crippen molar-refractivity contribution in [3.63, 3.8) is 0 Å². The van der Waals surface area contributed by atoms with Gasteiger partial charge in [0.2, 0.25) is 5.91 Å². The maximum Gasteiger partial charge on any atom is 0.227 e. The Labute approximate surface area is 181 Å². The van der Waals surface area contributed by atoms with Crippen LogP contribution in [0.4, 0.5) is 0 Å². The maximum atomic E-state index is 13.3. The molecule has 0 radical (unpaired) electrons. The molecule has 4 rings (SSSR count). The minimum atomic E-state index is -0.0286. The van der Waals surface area contributed by atoms with Crippen LogP contribution in [0.2, 0.25) is 10.0 Å². The second kappa shape index (κ2) is 7.85. The van der Waals surface area contributed by atoms with Gasteiger partial charge in [0, 0.05) is 34.9 Å². The fourth-order valence-corrected chi connectivity index (χ4v) is 4.92. The van der Waals surface area contributed by atoms with Gasteiger partial charge in [-0.15, -0.1) is 0 Å². The minimum Gasteiger partial charge on any atom is -0.333 e. The van der Waals surface area contributed by atoms with E-state index in [1.807, 2.05) is 29.0 Å². The molecule has 0 bridgehead atoms. The molecule has 2 aromatic carbocycles. The molecule has 0 unspecified atom stereocenters. The number of rotatable bonds is 3. The van der Waals surface area contributed by atoms with Crippen LogP contribution >= 0.6 is 23.2 Å². The van der Waals surface area contributed by atoms with E-state index < -0.39 is 0 Å². The molecule has 2 heterocycles. The summed E-state index contributed by atoms with van der Waals surface area (Å²) in [4.78, 5) is 15.2. The third-order valence-corrected chi connectivity index (χ3v) is 6.46. The molecule has 3 aromatic rings. The van der Waals surface area contributed by atoms with Gasteiger partial charge in [-0.3, -0.25) is 9.48 Å². The highest BCUT2D eigenvalue weighted by Gasteiger charge is 2.34. The van der Waals surface area contributed by atoms with Crippen LogP contribution in [0.1, 0.15) is 36.6 Å². The lowest BCUT2D eigenvalue weighted by Crippen LogP contribution is -2.45. The molecule has 0 saturated heterocycles. The second-order valence-corrected chi connectivity index (χ2v) is 8.50. The van der Waals surface area contributed by atoms with Gasteiger partial charge < -0.3 is 4.90 Å². The van der Waals surface area contributed by atoms with Crippen molar-refractivity contribution in [1.82, 2.24) is 14.7 Å². The molecule has 150 valence electrons. The van der Waals surface area contributed by atoms with E-state index >= 15 is 0 Å². The van der Waals surface area contributed by atoms with E-state index in [0.717, 1.165) is 12.0 Å². The first kappa shape index (κ1) is 20.0. The third-order valence-electron chi connectivity index (χ3n) is 5.75. The zero-order valence-corrected chi connectivity index (χ0v) is 18.2. The van der Waals surface area contributed by atoms with E-state index in [2.05, 4.69) is 37.1 Å². The van der Waals surface area contributed by atoms with Crippen LogP contribution < -0.4 is 0 Å². The van der Waals surface area contributed by atoms with E-state index in [-0.39, 0.29) is 24.4 Å². The number of nitrogens with zero attached hydrogens (tertiary/aromatic N) is 3. The average molecular weight is 428 g/mol. The zero-order chi connectivity index (χ0) is 20.7. The maximum absolute atomic E-state index is 13.3.